The van der Waals surface area contributed by atoms with Gasteiger partial charge in [0.1, 0.15) is 4.99 Å². The van der Waals surface area contributed by atoms with E-state index in [0.29, 0.717) is 23.6 Å². The molecule has 112 valence electrons. The maximum Gasteiger partial charge on any atom is 0.240 e. The first kappa shape index (κ1) is 17.1. The minimum atomic E-state index is -3.53. The summed E-state index contributed by atoms with van der Waals surface area (Å²) in [5.74, 6) is 0.351. The number of hydrogen-bond donors (Lipinski definition) is 2. The van der Waals surface area contributed by atoms with Crippen LogP contribution in [-0.2, 0) is 10.0 Å². The first-order valence-electron chi connectivity index (χ1n) is 6.71. The Morgan fingerprint density at radius 1 is 1.35 bits per heavy atom. The number of aryl methyl sites for hydroxylation is 1. The number of rotatable bonds is 7. The molecule has 0 radical (unpaired) electrons. The molecule has 0 heterocycles. The average molecular weight is 314 g/mol. The Hall–Kier alpha value is -0.980. The van der Waals surface area contributed by atoms with E-state index in [4.69, 9.17) is 18.0 Å². The maximum atomic E-state index is 12.4. The highest BCUT2D eigenvalue weighted by atomic mass is 32.2. The van der Waals surface area contributed by atoms with Crippen LogP contribution in [-0.4, -0.2) is 20.0 Å². The van der Waals surface area contributed by atoms with Gasteiger partial charge in [0.15, 0.2) is 0 Å². The van der Waals surface area contributed by atoms with Crippen molar-refractivity contribution in [3.05, 3.63) is 29.3 Å². The second kappa shape index (κ2) is 7.15. The predicted octanol–water partition coefficient (Wildman–Crippen LogP) is 2.34. The van der Waals surface area contributed by atoms with E-state index in [1.165, 1.54) is 6.07 Å². The van der Waals surface area contributed by atoms with E-state index >= 15 is 0 Å². The summed E-state index contributed by atoms with van der Waals surface area (Å²) in [4.78, 5) is 0.440. The highest BCUT2D eigenvalue weighted by Gasteiger charge is 2.18. The lowest BCUT2D eigenvalue weighted by molar-refractivity contribution is 0.479. The highest BCUT2D eigenvalue weighted by Crippen LogP contribution is 2.18. The van der Waals surface area contributed by atoms with Crippen molar-refractivity contribution in [2.45, 2.75) is 38.5 Å². The fourth-order valence-corrected chi connectivity index (χ4v) is 3.44. The molecule has 0 aliphatic carbocycles. The van der Waals surface area contributed by atoms with Gasteiger partial charge in [-0.2, -0.15) is 0 Å². The zero-order valence-corrected chi connectivity index (χ0v) is 13.8. The lowest BCUT2D eigenvalue weighted by Crippen LogP contribution is -2.29. The number of hydrogen-bond acceptors (Lipinski definition) is 3. The molecule has 0 spiro atoms. The molecule has 3 N–H and O–H groups in total. The molecule has 0 saturated carbocycles. The van der Waals surface area contributed by atoms with Crippen molar-refractivity contribution in [2.24, 2.45) is 11.7 Å². The van der Waals surface area contributed by atoms with Gasteiger partial charge in [-0.05, 0) is 24.5 Å². The molecule has 0 atom stereocenters. The van der Waals surface area contributed by atoms with E-state index in [1.54, 1.807) is 19.1 Å². The summed E-state index contributed by atoms with van der Waals surface area (Å²) in [7, 11) is -3.53. The first-order chi connectivity index (χ1) is 9.31. The van der Waals surface area contributed by atoms with Gasteiger partial charge in [-0.1, -0.05) is 51.0 Å². The molecule has 0 saturated heterocycles. The Kier molecular flexibility index (Phi) is 6.10. The third kappa shape index (κ3) is 4.26. The molecule has 0 aliphatic rings. The van der Waals surface area contributed by atoms with Crippen molar-refractivity contribution < 1.29 is 8.42 Å². The standard InChI is InChI=1S/C14H22N2O2S2/c1-4-11(5-2)9-16-20(17,18)13-8-12(14(15)19)7-6-10(13)3/h6-8,11,16H,4-5,9H2,1-3H3,(H2,15,19). The second-order valence-corrected chi connectivity index (χ2v) is 7.05. The van der Waals surface area contributed by atoms with Crippen LogP contribution < -0.4 is 10.5 Å². The van der Waals surface area contributed by atoms with Gasteiger partial charge >= 0.3 is 0 Å². The molecule has 0 unspecified atom stereocenters. The number of nitrogens with two attached hydrogens (primary N) is 1. The normalized spacial score (nSPS) is 11.8. The average Bonchev–Trinajstić information content (AvgIpc) is 2.39. The van der Waals surface area contributed by atoms with Gasteiger partial charge in [0, 0.05) is 12.1 Å². The van der Waals surface area contributed by atoms with Crippen LogP contribution in [0.5, 0.6) is 0 Å². The van der Waals surface area contributed by atoms with Gasteiger partial charge in [0.05, 0.1) is 4.90 Å². The summed E-state index contributed by atoms with van der Waals surface area (Å²) in [6, 6.07) is 4.99. The molecule has 0 bridgehead atoms. The minimum absolute atomic E-state index is 0.196. The van der Waals surface area contributed by atoms with E-state index in [-0.39, 0.29) is 9.88 Å². The molecule has 1 aromatic carbocycles. The molecule has 4 nitrogen and oxygen atoms in total. The summed E-state index contributed by atoms with van der Waals surface area (Å²) in [5.41, 5.74) is 6.80. The minimum Gasteiger partial charge on any atom is -0.389 e. The second-order valence-electron chi connectivity index (χ2n) is 4.88. The molecular formula is C14H22N2O2S2. The lowest BCUT2D eigenvalue weighted by Gasteiger charge is -2.15. The third-order valence-corrected chi connectivity index (χ3v) is 5.28. The number of nitrogens with one attached hydrogen (secondary N) is 1. The Morgan fingerprint density at radius 3 is 2.45 bits per heavy atom. The molecule has 20 heavy (non-hydrogen) atoms. The Bertz CT molecular complexity index is 579. The molecule has 1 aromatic rings. The fourth-order valence-electron chi connectivity index (χ4n) is 1.93. The summed E-state index contributed by atoms with van der Waals surface area (Å²) in [6.07, 6.45) is 1.90. The molecule has 0 aromatic heterocycles. The summed E-state index contributed by atoms with van der Waals surface area (Å²) >= 11 is 4.89. The lowest BCUT2D eigenvalue weighted by atomic mass is 10.0. The number of benzene rings is 1. The van der Waals surface area contributed by atoms with Crippen molar-refractivity contribution in [1.29, 1.82) is 0 Å². The van der Waals surface area contributed by atoms with Gasteiger partial charge in [0.25, 0.3) is 0 Å². The molecule has 0 amide bonds. The van der Waals surface area contributed by atoms with E-state index < -0.39 is 10.0 Å². The van der Waals surface area contributed by atoms with Crippen LogP contribution in [0.25, 0.3) is 0 Å². The van der Waals surface area contributed by atoms with Crippen molar-refractivity contribution in [2.75, 3.05) is 6.54 Å². The van der Waals surface area contributed by atoms with Crippen LogP contribution in [0.15, 0.2) is 23.1 Å². The van der Waals surface area contributed by atoms with Crippen LogP contribution in [0.3, 0.4) is 0 Å². The van der Waals surface area contributed by atoms with Crippen molar-refractivity contribution in [1.82, 2.24) is 4.72 Å². The summed E-state index contributed by atoms with van der Waals surface area (Å²) in [6.45, 7) is 6.32. The smallest absolute Gasteiger partial charge is 0.240 e. The topological polar surface area (TPSA) is 72.2 Å². The van der Waals surface area contributed by atoms with Crippen molar-refractivity contribution >= 4 is 27.2 Å². The van der Waals surface area contributed by atoms with Gasteiger partial charge in [-0.3, -0.25) is 0 Å². The quantitative estimate of drug-likeness (QED) is 0.758. The van der Waals surface area contributed by atoms with E-state index in [1.807, 2.05) is 0 Å². The van der Waals surface area contributed by atoms with Crippen LogP contribution >= 0.6 is 12.2 Å². The SMILES string of the molecule is CCC(CC)CNS(=O)(=O)c1cc(C(N)=S)ccc1C. The van der Waals surface area contributed by atoms with Crippen LogP contribution in [0.2, 0.25) is 0 Å². The van der Waals surface area contributed by atoms with Gasteiger partial charge in [-0.15, -0.1) is 0 Å². The molecule has 1 rings (SSSR count). The largest absolute Gasteiger partial charge is 0.389 e. The third-order valence-electron chi connectivity index (χ3n) is 3.48. The maximum absolute atomic E-state index is 12.4. The molecular weight excluding hydrogens is 292 g/mol. The van der Waals surface area contributed by atoms with Crippen molar-refractivity contribution in [3.8, 4) is 0 Å². The Labute approximate surface area is 126 Å². The van der Waals surface area contributed by atoms with Gasteiger partial charge in [0.2, 0.25) is 10.0 Å². The van der Waals surface area contributed by atoms with Crippen molar-refractivity contribution in [3.63, 3.8) is 0 Å². The van der Waals surface area contributed by atoms with E-state index in [2.05, 4.69) is 18.6 Å². The predicted molar refractivity (Wildman–Crippen MR) is 86.3 cm³/mol. The van der Waals surface area contributed by atoms with Gasteiger partial charge in [-0.25, -0.2) is 13.1 Å². The Morgan fingerprint density at radius 2 is 1.95 bits per heavy atom. The van der Waals surface area contributed by atoms with E-state index in [0.717, 1.165) is 12.8 Å². The molecule has 6 heteroatoms. The van der Waals surface area contributed by atoms with Gasteiger partial charge < -0.3 is 5.73 Å². The van der Waals surface area contributed by atoms with E-state index in [9.17, 15) is 8.42 Å². The molecule has 0 fully saturated rings. The first-order valence-corrected chi connectivity index (χ1v) is 8.61. The number of thiocarbonyl (C=S) groups is 1. The zero-order chi connectivity index (χ0) is 15.3. The molecule has 0 aliphatic heterocycles. The van der Waals surface area contributed by atoms with Crippen LogP contribution in [0.4, 0.5) is 0 Å². The number of sulfonamides is 1. The summed E-state index contributed by atoms with van der Waals surface area (Å²) < 4.78 is 27.4. The Balaban J connectivity index is 3.03. The highest BCUT2D eigenvalue weighted by molar-refractivity contribution is 7.89. The zero-order valence-electron chi connectivity index (χ0n) is 12.1. The van der Waals surface area contributed by atoms with Crippen LogP contribution in [0.1, 0.15) is 37.8 Å². The fraction of sp³-hybridized carbons (Fsp3) is 0.500. The monoisotopic (exact) mass is 314 g/mol. The summed E-state index contributed by atoms with van der Waals surface area (Å²) in [5, 5.41) is 0. The van der Waals surface area contributed by atoms with Crippen LogP contribution in [0, 0.1) is 12.8 Å².